The lowest BCUT2D eigenvalue weighted by Crippen LogP contribution is -2.50. The van der Waals surface area contributed by atoms with Gasteiger partial charge in [-0.05, 0) is 29.8 Å². The molecule has 2 aliphatic rings. The fraction of sp³-hybridized carbons (Fsp3) is 0.333. The average Bonchev–Trinajstić information content (AvgIpc) is 2.64. The van der Waals surface area contributed by atoms with Gasteiger partial charge in [0.05, 0.1) is 23.6 Å². The second-order valence-electron chi connectivity index (χ2n) is 6.97. The number of likely N-dealkylation sites (tertiary alicyclic amines) is 1. The maximum atomic E-state index is 12.5. The molecule has 2 aromatic carbocycles. The smallest absolute Gasteiger partial charge is 0.170 e. The summed E-state index contributed by atoms with van der Waals surface area (Å²) < 4.78 is 6.28. The minimum Gasteiger partial charge on any atom is -0.486 e. The molecule has 4 nitrogen and oxygen atoms in total. The summed E-state index contributed by atoms with van der Waals surface area (Å²) in [4.78, 5) is 14.9. The van der Waals surface area contributed by atoms with Crippen LogP contribution >= 0.6 is 0 Å². The number of fused-ring (bicyclic) bond motifs is 1. The molecule has 0 N–H and O–H groups in total. The summed E-state index contributed by atoms with van der Waals surface area (Å²) >= 11 is 0. The SMILES string of the molecule is N#Cc1ccc(CN2CCC3(CC2)CC(=O)c2ccccc2O3)cc1. The lowest BCUT2D eigenvalue weighted by Gasteiger charge is -2.44. The third kappa shape index (κ3) is 3.16. The summed E-state index contributed by atoms with van der Waals surface area (Å²) in [5.41, 5.74) is 2.27. The number of piperidine rings is 1. The van der Waals surface area contributed by atoms with Gasteiger partial charge in [0.15, 0.2) is 5.78 Å². The fourth-order valence-electron chi connectivity index (χ4n) is 3.78. The summed E-state index contributed by atoms with van der Waals surface area (Å²) in [5.74, 6) is 0.932. The number of carbonyl (C=O) groups is 1. The quantitative estimate of drug-likeness (QED) is 0.844. The van der Waals surface area contributed by atoms with Gasteiger partial charge in [-0.1, -0.05) is 24.3 Å². The van der Waals surface area contributed by atoms with Gasteiger partial charge < -0.3 is 4.74 Å². The fourth-order valence-corrected chi connectivity index (χ4v) is 3.78. The number of benzene rings is 2. The Balaban J connectivity index is 1.41. The molecule has 0 atom stereocenters. The van der Waals surface area contributed by atoms with E-state index in [9.17, 15) is 4.79 Å². The first kappa shape index (κ1) is 15.9. The van der Waals surface area contributed by atoms with Crippen molar-refractivity contribution in [2.75, 3.05) is 13.1 Å². The van der Waals surface area contributed by atoms with Crippen LogP contribution in [0.5, 0.6) is 5.75 Å². The van der Waals surface area contributed by atoms with Crippen LogP contribution in [0.4, 0.5) is 0 Å². The summed E-state index contributed by atoms with van der Waals surface area (Å²) in [6.45, 7) is 2.69. The molecule has 1 saturated heterocycles. The second-order valence-corrected chi connectivity index (χ2v) is 6.97. The van der Waals surface area contributed by atoms with Crippen LogP contribution < -0.4 is 4.74 Å². The topological polar surface area (TPSA) is 53.3 Å². The lowest BCUT2D eigenvalue weighted by molar-refractivity contribution is -0.0107. The van der Waals surface area contributed by atoms with Crippen LogP contribution in [0.3, 0.4) is 0 Å². The number of ether oxygens (including phenoxy) is 1. The molecule has 0 saturated carbocycles. The average molecular weight is 332 g/mol. The maximum Gasteiger partial charge on any atom is 0.170 e. The Labute approximate surface area is 147 Å². The third-order valence-electron chi connectivity index (χ3n) is 5.25. The van der Waals surface area contributed by atoms with E-state index in [1.54, 1.807) is 0 Å². The Morgan fingerprint density at radius 3 is 2.52 bits per heavy atom. The zero-order valence-corrected chi connectivity index (χ0v) is 14.1. The number of carbonyl (C=O) groups excluding carboxylic acids is 1. The first-order chi connectivity index (χ1) is 12.2. The maximum absolute atomic E-state index is 12.5. The molecule has 0 radical (unpaired) electrons. The number of hydrogen-bond acceptors (Lipinski definition) is 4. The van der Waals surface area contributed by atoms with Gasteiger partial charge in [-0.25, -0.2) is 0 Å². The monoisotopic (exact) mass is 332 g/mol. The molecular weight excluding hydrogens is 312 g/mol. The lowest BCUT2D eigenvalue weighted by atomic mass is 9.82. The molecule has 126 valence electrons. The Morgan fingerprint density at radius 2 is 1.80 bits per heavy atom. The van der Waals surface area contributed by atoms with Crippen molar-refractivity contribution >= 4 is 5.78 Å². The highest BCUT2D eigenvalue weighted by Crippen LogP contribution is 2.39. The molecular formula is C21H20N2O2. The molecule has 0 unspecified atom stereocenters. The van der Waals surface area contributed by atoms with Crippen LogP contribution in [0.15, 0.2) is 48.5 Å². The Hall–Kier alpha value is -2.64. The standard InChI is InChI=1S/C21H20N2O2/c22-14-16-5-7-17(8-6-16)15-23-11-9-21(10-12-23)13-19(24)18-3-1-2-4-20(18)25-21/h1-8H,9-13,15H2. The zero-order chi connectivity index (χ0) is 17.3. The van der Waals surface area contributed by atoms with Gasteiger partial charge in [-0.2, -0.15) is 5.26 Å². The van der Waals surface area contributed by atoms with Gasteiger partial charge in [0, 0.05) is 32.5 Å². The van der Waals surface area contributed by atoms with E-state index in [0.29, 0.717) is 17.5 Å². The first-order valence-corrected chi connectivity index (χ1v) is 8.70. The van der Waals surface area contributed by atoms with Gasteiger partial charge in [0.2, 0.25) is 0 Å². The molecule has 0 bridgehead atoms. The molecule has 0 amide bonds. The van der Waals surface area contributed by atoms with Crippen LogP contribution in [0.25, 0.3) is 0 Å². The highest BCUT2D eigenvalue weighted by molar-refractivity contribution is 6.00. The van der Waals surface area contributed by atoms with Crippen molar-refractivity contribution in [3.63, 3.8) is 0 Å². The summed E-state index contributed by atoms with van der Waals surface area (Å²) in [6, 6.07) is 17.5. The van der Waals surface area contributed by atoms with Crippen molar-refractivity contribution in [1.82, 2.24) is 4.90 Å². The molecule has 2 aromatic rings. The highest BCUT2D eigenvalue weighted by Gasteiger charge is 2.42. The van der Waals surface area contributed by atoms with Crippen LogP contribution in [0, 0.1) is 11.3 Å². The number of rotatable bonds is 2. The van der Waals surface area contributed by atoms with E-state index in [4.69, 9.17) is 10.00 Å². The van der Waals surface area contributed by atoms with Gasteiger partial charge >= 0.3 is 0 Å². The van der Waals surface area contributed by atoms with Crippen molar-refractivity contribution in [3.8, 4) is 11.8 Å². The normalized spacial score (nSPS) is 19.1. The van der Waals surface area contributed by atoms with E-state index in [1.165, 1.54) is 5.56 Å². The molecule has 2 heterocycles. The van der Waals surface area contributed by atoms with Gasteiger partial charge in [-0.15, -0.1) is 0 Å². The largest absolute Gasteiger partial charge is 0.486 e. The van der Waals surface area contributed by atoms with Crippen LogP contribution in [0.2, 0.25) is 0 Å². The van der Waals surface area contributed by atoms with E-state index >= 15 is 0 Å². The number of para-hydroxylation sites is 1. The first-order valence-electron chi connectivity index (χ1n) is 8.70. The van der Waals surface area contributed by atoms with E-state index in [1.807, 2.05) is 48.5 Å². The molecule has 4 heteroatoms. The number of nitrogens with zero attached hydrogens (tertiary/aromatic N) is 2. The minimum absolute atomic E-state index is 0.197. The molecule has 25 heavy (non-hydrogen) atoms. The van der Waals surface area contributed by atoms with Crippen molar-refractivity contribution in [2.45, 2.75) is 31.4 Å². The summed E-state index contributed by atoms with van der Waals surface area (Å²) in [5, 5.41) is 8.88. The molecule has 4 rings (SSSR count). The van der Waals surface area contributed by atoms with Crippen molar-refractivity contribution < 1.29 is 9.53 Å². The summed E-state index contributed by atoms with van der Waals surface area (Å²) in [6.07, 6.45) is 2.21. The Morgan fingerprint density at radius 1 is 1.08 bits per heavy atom. The van der Waals surface area contributed by atoms with E-state index in [2.05, 4.69) is 11.0 Å². The predicted octanol–water partition coefficient (Wildman–Crippen LogP) is 3.56. The Bertz CT molecular complexity index is 828. The van der Waals surface area contributed by atoms with E-state index < -0.39 is 0 Å². The molecule has 1 spiro atoms. The number of hydrogen-bond donors (Lipinski definition) is 0. The van der Waals surface area contributed by atoms with Gasteiger partial charge in [0.1, 0.15) is 11.4 Å². The van der Waals surface area contributed by atoms with E-state index in [-0.39, 0.29) is 11.4 Å². The number of ketones is 1. The zero-order valence-electron chi connectivity index (χ0n) is 14.1. The van der Waals surface area contributed by atoms with Crippen LogP contribution in [-0.2, 0) is 6.54 Å². The molecule has 2 aliphatic heterocycles. The van der Waals surface area contributed by atoms with Crippen molar-refractivity contribution in [3.05, 3.63) is 65.2 Å². The van der Waals surface area contributed by atoms with Crippen LogP contribution in [0.1, 0.15) is 40.7 Å². The summed E-state index contributed by atoms with van der Waals surface area (Å²) in [7, 11) is 0. The predicted molar refractivity (Wildman–Crippen MR) is 94.4 cm³/mol. The van der Waals surface area contributed by atoms with Crippen LogP contribution in [-0.4, -0.2) is 29.4 Å². The second kappa shape index (κ2) is 6.34. The Kier molecular flexibility index (Phi) is 4.03. The minimum atomic E-state index is -0.341. The van der Waals surface area contributed by atoms with Crippen molar-refractivity contribution in [1.29, 1.82) is 5.26 Å². The molecule has 0 aliphatic carbocycles. The van der Waals surface area contributed by atoms with Crippen molar-refractivity contribution in [2.24, 2.45) is 0 Å². The highest BCUT2D eigenvalue weighted by atomic mass is 16.5. The molecule has 0 aromatic heterocycles. The number of Topliss-reactive ketones (excluding diaryl/α,β-unsaturated/α-hetero) is 1. The van der Waals surface area contributed by atoms with Gasteiger partial charge in [-0.3, -0.25) is 9.69 Å². The number of nitriles is 1. The molecule has 1 fully saturated rings. The third-order valence-corrected chi connectivity index (χ3v) is 5.25. The van der Waals surface area contributed by atoms with E-state index in [0.717, 1.165) is 38.2 Å². The van der Waals surface area contributed by atoms with Gasteiger partial charge in [0.25, 0.3) is 0 Å².